The summed E-state index contributed by atoms with van der Waals surface area (Å²) in [5.74, 6) is -0.144. The lowest BCUT2D eigenvalue weighted by molar-refractivity contribution is -0.131. The molecular formula is C16H24N4O2. The van der Waals surface area contributed by atoms with Gasteiger partial charge in [0.05, 0.1) is 6.54 Å². The Morgan fingerprint density at radius 3 is 3.00 bits per heavy atom. The van der Waals surface area contributed by atoms with Crippen LogP contribution in [-0.2, 0) is 16.0 Å². The standard InChI is InChI=1S/C16H24N4O2/c1-20(10-7-13-5-2-3-8-17-13)16(22)12-19-15(21)11-14-6-4-9-18-14/h2-3,5,8,14,18H,4,6-7,9-12H2,1H3,(H,19,21). The van der Waals surface area contributed by atoms with Gasteiger partial charge >= 0.3 is 0 Å². The normalized spacial score (nSPS) is 17.2. The maximum Gasteiger partial charge on any atom is 0.241 e. The summed E-state index contributed by atoms with van der Waals surface area (Å²) in [4.78, 5) is 29.6. The van der Waals surface area contributed by atoms with Crippen molar-refractivity contribution in [3.63, 3.8) is 0 Å². The predicted octanol–water partition coefficient (Wildman–Crippen LogP) is 0.341. The molecule has 1 fully saturated rings. The average molecular weight is 304 g/mol. The van der Waals surface area contributed by atoms with E-state index in [1.807, 2.05) is 18.2 Å². The molecule has 0 saturated carbocycles. The number of nitrogens with zero attached hydrogens (tertiary/aromatic N) is 2. The molecular weight excluding hydrogens is 280 g/mol. The minimum Gasteiger partial charge on any atom is -0.347 e. The number of aromatic nitrogens is 1. The molecule has 1 aliphatic rings. The summed E-state index contributed by atoms with van der Waals surface area (Å²) < 4.78 is 0. The van der Waals surface area contributed by atoms with Gasteiger partial charge in [0.1, 0.15) is 0 Å². The third kappa shape index (κ3) is 5.44. The Bertz CT molecular complexity index is 486. The minimum atomic E-state index is -0.0799. The summed E-state index contributed by atoms with van der Waals surface area (Å²) in [7, 11) is 1.75. The number of hydrogen-bond donors (Lipinski definition) is 2. The molecule has 1 saturated heterocycles. The maximum atomic E-state index is 12.0. The number of rotatable bonds is 7. The average Bonchev–Trinajstić information content (AvgIpc) is 3.04. The topological polar surface area (TPSA) is 74.3 Å². The van der Waals surface area contributed by atoms with Crippen molar-refractivity contribution in [2.45, 2.75) is 31.7 Å². The molecule has 2 N–H and O–H groups in total. The first-order valence-electron chi connectivity index (χ1n) is 7.79. The van der Waals surface area contributed by atoms with Gasteiger partial charge in [0, 0.05) is 44.4 Å². The van der Waals surface area contributed by atoms with Gasteiger partial charge in [-0.3, -0.25) is 14.6 Å². The maximum absolute atomic E-state index is 12.0. The Kier molecular flexibility index (Phi) is 6.33. The monoisotopic (exact) mass is 304 g/mol. The first-order valence-corrected chi connectivity index (χ1v) is 7.79. The van der Waals surface area contributed by atoms with Crippen molar-refractivity contribution >= 4 is 11.8 Å². The van der Waals surface area contributed by atoms with Crippen LogP contribution in [-0.4, -0.2) is 54.4 Å². The fraction of sp³-hybridized carbons (Fsp3) is 0.562. The zero-order valence-electron chi connectivity index (χ0n) is 13.0. The Balaban J connectivity index is 1.64. The number of pyridine rings is 1. The van der Waals surface area contributed by atoms with Crippen LogP contribution in [0.4, 0.5) is 0 Å². The van der Waals surface area contributed by atoms with Crippen molar-refractivity contribution in [1.82, 2.24) is 20.5 Å². The zero-order chi connectivity index (χ0) is 15.8. The van der Waals surface area contributed by atoms with Crippen molar-refractivity contribution < 1.29 is 9.59 Å². The highest BCUT2D eigenvalue weighted by Crippen LogP contribution is 2.08. The van der Waals surface area contributed by atoms with Gasteiger partial charge in [0.15, 0.2) is 0 Å². The van der Waals surface area contributed by atoms with Gasteiger partial charge in [-0.2, -0.15) is 0 Å². The van der Waals surface area contributed by atoms with Crippen LogP contribution in [0.5, 0.6) is 0 Å². The molecule has 6 nitrogen and oxygen atoms in total. The second kappa shape index (κ2) is 8.48. The van der Waals surface area contributed by atoms with Gasteiger partial charge in [0.2, 0.25) is 11.8 Å². The van der Waals surface area contributed by atoms with Crippen molar-refractivity contribution in [1.29, 1.82) is 0 Å². The van der Waals surface area contributed by atoms with Gasteiger partial charge < -0.3 is 15.5 Å². The molecule has 2 heterocycles. The molecule has 0 spiro atoms. The molecule has 0 radical (unpaired) electrons. The summed E-state index contributed by atoms with van der Waals surface area (Å²) >= 11 is 0. The van der Waals surface area contributed by atoms with E-state index in [0.717, 1.165) is 25.1 Å². The smallest absolute Gasteiger partial charge is 0.241 e. The molecule has 1 atom stereocenters. The van der Waals surface area contributed by atoms with E-state index in [-0.39, 0.29) is 24.4 Å². The molecule has 0 aromatic carbocycles. The summed E-state index contributed by atoms with van der Waals surface area (Å²) in [6.07, 6.45) is 5.06. The zero-order valence-corrected chi connectivity index (χ0v) is 13.0. The molecule has 0 aliphatic carbocycles. The molecule has 6 heteroatoms. The van der Waals surface area contributed by atoms with E-state index < -0.39 is 0 Å². The van der Waals surface area contributed by atoms with Crippen molar-refractivity contribution in [3.05, 3.63) is 30.1 Å². The molecule has 2 amide bonds. The second-order valence-corrected chi connectivity index (χ2v) is 5.66. The van der Waals surface area contributed by atoms with Crippen molar-refractivity contribution in [3.8, 4) is 0 Å². The van der Waals surface area contributed by atoms with E-state index in [1.54, 1.807) is 18.1 Å². The van der Waals surface area contributed by atoms with Crippen LogP contribution in [0.15, 0.2) is 24.4 Å². The molecule has 1 aromatic heterocycles. The Labute approximate surface area is 131 Å². The highest BCUT2D eigenvalue weighted by atomic mass is 16.2. The number of hydrogen-bond acceptors (Lipinski definition) is 4. The first-order chi connectivity index (χ1) is 10.6. The largest absolute Gasteiger partial charge is 0.347 e. The van der Waals surface area contributed by atoms with E-state index in [2.05, 4.69) is 15.6 Å². The number of nitrogens with one attached hydrogen (secondary N) is 2. The van der Waals surface area contributed by atoms with E-state index in [1.165, 1.54) is 0 Å². The fourth-order valence-corrected chi connectivity index (χ4v) is 2.49. The molecule has 22 heavy (non-hydrogen) atoms. The molecule has 2 rings (SSSR count). The summed E-state index contributed by atoms with van der Waals surface area (Å²) in [6.45, 7) is 1.63. The number of amides is 2. The van der Waals surface area contributed by atoms with Crippen LogP contribution < -0.4 is 10.6 Å². The van der Waals surface area contributed by atoms with Crippen LogP contribution >= 0.6 is 0 Å². The number of carbonyl (C=O) groups excluding carboxylic acids is 2. The lowest BCUT2D eigenvalue weighted by Crippen LogP contribution is -2.40. The predicted molar refractivity (Wildman–Crippen MR) is 84.2 cm³/mol. The summed E-state index contributed by atoms with van der Waals surface area (Å²) in [6, 6.07) is 6.00. The van der Waals surface area contributed by atoms with E-state index in [4.69, 9.17) is 0 Å². The van der Waals surface area contributed by atoms with E-state index in [9.17, 15) is 9.59 Å². The SMILES string of the molecule is CN(CCc1ccccn1)C(=O)CNC(=O)CC1CCCN1. The highest BCUT2D eigenvalue weighted by molar-refractivity contribution is 5.84. The molecule has 1 unspecified atom stereocenters. The van der Waals surface area contributed by atoms with Crippen LogP contribution in [0.25, 0.3) is 0 Å². The van der Waals surface area contributed by atoms with Crippen LogP contribution in [0, 0.1) is 0 Å². The summed E-state index contributed by atoms with van der Waals surface area (Å²) in [5.41, 5.74) is 0.957. The first kappa shape index (κ1) is 16.4. The van der Waals surface area contributed by atoms with Gasteiger partial charge in [-0.05, 0) is 31.5 Å². The molecule has 0 bridgehead atoms. The van der Waals surface area contributed by atoms with Gasteiger partial charge in [-0.1, -0.05) is 6.07 Å². The Hall–Kier alpha value is -1.95. The minimum absolute atomic E-state index is 0.0598. The van der Waals surface area contributed by atoms with Crippen LogP contribution in [0.2, 0.25) is 0 Å². The van der Waals surface area contributed by atoms with Crippen molar-refractivity contribution in [2.24, 2.45) is 0 Å². The van der Waals surface area contributed by atoms with Gasteiger partial charge in [-0.25, -0.2) is 0 Å². The molecule has 1 aliphatic heterocycles. The number of carbonyl (C=O) groups is 2. The highest BCUT2D eigenvalue weighted by Gasteiger charge is 2.18. The fourth-order valence-electron chi connectivity index (χ4n) is 2.49. The molecule has 120 valence electrons. The van der Waals surface area contributed by atoms with Gasteiger partial charge in [-0.15, -0.1) is 0 Å². The third-order valence-corrected chi connectivity index (χ3v) is 3.89. The summed E-state index contributed by atoms with van der Waals surface area (Å²) in [5, 5.41) is 5.98. The quantitative estimate of drug-likeness (QED) is 0.762. The Morgan fingerprint density at radius 1 is 1.45 bits per heavy atom. The Morgan fingerprint density at radius 2 is 2.32 bits per heavy atom. The third-order valence-electron chi connectivity index (χ3n) is 3.89. The van der Waals surface area contributed by atoms with Crippen molar-refractivity contribution in [2.75, 3.05) is 26.7 Å². The lowest BCUT2D eigenvalue weighted by Gasteiger charge is -2.17. The lowest BCUT2D eigenvalue weighted by atomic mass is 10.1. The molecule has 1 aromatic rings. The van der Waals surface area contributed by atoms with E-state index >= 15 is 0 Å². The van der Waals surface area contributed by atoms with Gasteiger partial charge in [0.25, 0.3) is 0 Å². The van der Waals surface area contributed by atoms with E-state index in [0.29, 0.717) is 19.4 Å². The number of likely N-dealkylation sites (N-methyl/N-ethyl adjacent to an activating group) is 1. The second-order valence-electron chi connectivity index (χ2n) is 5.66. The van der Waals surface area contributed by atoms with Crippen LogP contribution in [0.3, 0.4) is 0 Å². The van der Waals surface area contributed by atoms with Crippen LogP contribution in [0.1, 0.15) is 25.0 Å².